The Kier molecular flexibility index (Phi) is 5.29. The van der Waals surface area contributed by atoms with Crippen molar-refractivity contribution in [1.82, 2.24) is 15.0 Å². The normalized spacial score (nSPS) is 12.0. The Morgan fingerprint density at radius 2 is 1.94 bits per heavy atom. The van der Waals surface area contributed by atoms with Crippen molar-refractivity contribution in [2.75, 3.05) is 6.61 Å². The number of nitrogens with one attached hydrogen (secondary N) is 1. The third-order valence-electron chi connectivity index (χ3n) is 5.57. The van der Waals surface area contributed by atoms with Gasteiger partial charge in [-0.2, -0.15) is 0 Å². The Balaban J connectivity index is 1.30. The number of para-hydroxylation sites is 1. The number of nitrogens with two attached hydrogens (primary N) is 1. The molecular weight excluding hydrogens is 396 g/mol. The van der Waals surface area contributed by atoms with Crippen molar-refractivity contribution in [1.29, 1.82) is 0 Å². The van der Waals surface area contributed by atoms with E-state index in [1.165, 1.54) is 10.9 Å². The lowest BCUT2D eigenvalue weighted by molar-refractivity contribution is 0.287. The summed E-state index contributed by atoms with van der Waals surface area (Å²) in [6.07, 6.45) is 13.6. The quantitative estimate of drug-likeness (QED) is 0.392. The van der Waals surface area contributed by atoms with E-state index in [1.54, 1.807) is 12.4 Å². The predicted octanol–water partition coefficient (Wildman–Crippen LogP) is 4.71. The molecule has 32 heavy (non-hydrogen) atoms. The summed E-state index contributed by atoms with van der Waals surface area (Å²) in [6, 6.07) is 18.1. The number of rotatable bonds is 6. The number of hydrogen-bond donors (Lipinski definition) is 2. The number of H-pyrrole nitrogens is 1. The largest absolute Gasteiger partial charge is 0.490 e. The van der Waals surface area contributed by atoms with Crippen molar-refractivity contribution in [3.8, 4) is 29.2 Å². The van der Waals surface area contributed by atoms with Gasteiger partial charge in [-0.25, -0.2) is 4.98 Å². The maximum absolute atomic E-state index is 6.36. The molecule has 5 heteroatoms. The average Bonchev–Trinajstić information content (AvgIpc) is 3.25. The van der Waals surface area contributed by atoms with Crippen molar-refractivity contribution >= 4 is 21.7 Å². The molecule has 0 unspecified atom stereocenters. The van der Waals surface area contributed by atoms with Crippen LogP contribution in [0.15, 0.2) is 79.4 Å². The first kappa shape index (κ1) is 19.8. The van der Waals surface area contributed by atoms with Gasteiger partial charge in [0.2, 0.25) is 0 Å². The summed E-state index contributed by atoms with van der Waals surface area (Å²) < 4.78 is 5.98. The Morgan fingerprint density at radius 1 is 1.03 bits per heavy atom. The van der Waals surface area contributed by atoms with E-state index in [9.17, 15) is 0 Å². The van der Waals surface area contributed by atoms with Crippen LogP contribution < -0.4 is 10.5 Å². The molecule has 0 saturated carbocycles. The minimum atomic E-state index is -0.131. The molecule has 5 nitrogen and oxygen atoms in total. The van der Waals surface area contributed by atoms with E-state index in [2.05, 4.69) is 39.1 Å². The number of terminal acetylenes is 1. The summed E-state index contributed by atoms with van der Waals surface area (Å²) in [6.45, 7) is 0.402. The van der Waals surface area contributed by atoms with Gasteiger partial charge >= 0.3 is 0 Å². The molecule has 0 radical (unpaired) electrons. The minimum Gasteiger partial charge on any atom is -0.490 e. The lowest BCUT2D eigenvalue weighted by atomic mass is 10.0. The third-order valence-corrected chi connectivity index (χ3v) is 5.57. The van der Waals surface area contributed by atoms with E-state index in [0.29, 0.717) is 18.1 Å². The van der Waals surface area contributed by atoms with Crippen LogP contribution in [0.4, 0.5) is 0 Å². The van der Waals surface area contributed by atoms with Crippen molar-refractivity contribution in [2.24, 2.45) is 5.73 Å². The molecule has 0 amide bonds. The Bertz CT molecular complexity index is 1450. The average molecular weight is 419 g/mol. The van der Waals surface area contributed by atoms with Crippen LogP contribution in [0, 0.1) is 12.3 Å². The van der Waals surface area contributed by atoms with Gasteiger partial charge in [-0.3, -0.25) is 4.98 Å². The molecule has 3 heterocycles. The van der Waals surface area contributed by atoms with Gasteiger partial charge in [0.25, 0.3) is 0 Å². The maximum atomic E-state index is 6.36. The summed E-state index contributed by atoms with van der Waals surface area (Å²) >= 11 is 0. The maximum Gasteiger partial charge on any atom is 0.138 e. The molecule has 1 atom stereocenters. The van der Waals surface area contributed by atoms with Gasteiger partial charge in [-0.15, -0.1) is 6.42 Å². The second kappa shape index (κ2) is 8.54. The van der Waals surface area contributed by atoms with Gasteiger partial charge < -0.3 is 15.5 Å². The lowest BCUT2D eigenvalue weighted by Gasteiger charge is -2.13. The molecule has 0 saturated heterocycles. The molecule has 3 N–H and O–H groups in total. The number of ether oxygens (including phenoxy) is 1. The summed E-state index contributed by atoms with van der Waals surface area (Å²) in [5, 5.41) is 3.20. The zero-order chi connectivity index (χ0) is 21.9. The van der Waals surface area contributed by atoms with E-state index in [1.807, 2.05) is 48.8 Å². The molecular formula is C27H22N4O. The van der Waals surface area contributed by atoms with Crippen molar-refractivity contribution in [2.45, 2.75) is 12.5 Å². The van der Waals surface area contributed by atoms with Crippen molar-refractivity contribution in [3.05, 3.63) is 90.6 Å². The van der Waals surface area contributed by atoms with Gasteiger partial charge in [0.15, 0.2) is 0 Å². The Morgan fingerprint density at radius 3 is 2.84 bits per heavy atom. The van der Waals surface area contributed by atoms with Crippen LogP contribution in [0.5, 0.6) is 5.75 Å². The van der Waals surface area contributed by atoms with Gasteiger partial charge in [0.1, 0.15) is 18.1 Å². The first-order chi connectivity index (χ1) is 15.7. The molecule has 5 rings (SSSR count). The number of benzene rings is 2. The number of pyridine rings is 2. The van der Waals surface area contributed by atoms with Crippen LogP contribution in [0.3, 0.4) is 0 Å². The number of aromatic nitrogens is 3. The highest BCUT2D eigenvalue weighted by molar-refractivity contribution is 5.90. The first-order valence-corrected chi connectivity index (χ1v) is 10.5. The van der Waals surface area contributed by atoms with Crippen LogP contribution in [0.25, 0.3) is 32.8 Å². The monoisotopic (exact) mass is 418 g/mol. The fourth-order valence-electron chi connectivity index (χ4n) is 3.97. The standard InChI is InChI=1S/C27H22N4O/c1-2-26-25-8-7-18(11-19(25)9-10-30-26)20-13-23(16-29-14-20)32-17-22(28)12-21-15-31-27-6-4-3-5-24(21)27/h1,3-11,13-16,22,31H,12,17,28H2/t22-/m0/s1. The molecule has 0 bridgehead atoms. The van der Waals surface area contributed by atoms with Crippen LogP contribution in [-0.4, -0.2) is 27.6 Å². The first-order valence-electron chi connectivity index (χ1n) is 10.5. The lowest BCUT2D eigenvalue weighted by Crippen LogP contribution is -2.30. The topological polar surface area (TPSA) is 76.8 Å². The highest BCUT2D eigenvalue weighted by Gasteiger charge is 2.11. The van der Waals surface area contributed by atoms with Crippen LogP contribution >= 0.6 is 0 Å². The molecule has 2 aromatic carbocycles. The minimum absolute atomic E-state index is 0.131. The zero-order valence-electron chi connectivity index (χ0n) is 17.5. The second-order valence-electron chi connectivity index (χ2n) is 7.78. The molecule has 5 aromatic rings. The van der Waals surface area contributed by atoms with Crippen LogP contribution in [0.1, 0.15) is 11.3 Å². The van der Waals surface area contributed by atoms with Gasteiger partial charge in [-0.1, -0.05) is 30.3 Å². The highest BCUT2D eigenvalue weighted by atomic mass is 16.5. The number of hydrogen-bond acceptors (Lipinski definition) is 4. The van der Waals surface area contributed by atoms with Crippen molar-refractivity contribution < 1.29 is 4.74 Å². The van der Waals surface area contributed by atoms with E-state index in [4.69, 9.17) is 16.9 Å². The van der Waals surface area contributed by atoms with E-state index < -0.39 is 0 Å². The fourth-order valence-corrected chi connectivity index (χ4v) is 3.97. The smallest absolute Gasteiger partial charge is 0.138 e. The Labute approximate surface area is 186 Å². The van der Waals surface area contributed by atoms with Gasteiger partial charge in [-0.05, 0) is 53.1 Å². The molecule has 0 aliphatic rings. The summed E-state index contributed by atoms with van der Waals surface area (Å²) in [7, 11) is 0. The van der Waals surface area contributed by atoms with E-state index in [0.717, 1.165) is 33.8 Å². The molecule has 0 spiro atoms. The van der Waals surface area contributed by atoms with E-state index >= 15 is 0 Å². The van der Waals surface area contributed by atoms with Gasteiger partial charge in [0, 0.05) is 46.5 Å². The zero-order valence-corrected chi connectivity index (χ0v) is 17.5. The SMILES string of the molecule is C#Cc1nccc2cc(-c3cncc(OC[C@@H](N)Cc4c[nH]c5ccccc45)c3)ccc12. The molecule has 0 fully saturated rings. The van der Waals surface area contributed by atoms with E-state index in [-0.39, 0.29) is 6.04 Å². The number of nitrogens with zero attached hydrogens (tertiary/aromatic N) is 2. The molecule has 0 aliphatic heterocycles. The Hall–Kier alpha value is -4.14. The summed E-state index contributed by atoms with van der Waals surface area (Å²) in [5.41, 5.74) is 11.3. The summed E-state index contributed by atoms with van der Waals surface area (Å²) in [4.78, 5) is 11.9. The number of fused-ring (bicyclic) bond motifs is 2. The fraction of sp³-hybridized carbons (Fsp3) is 0.111. The highest BCUT2D eigenvalue weighted by Crippen LogP contribution is 2.27. The molecule has 3 aromatic heterocycles. The summed E-state index contributed by atoms with van der Waals surface area (Å²) in [5.74, 6) is 3.32. The molecule has 0 aliphatic carbocycles. The third kappa shape index (κ3) is 3.92. The van der Waals surface area contributed by atoms with Gasteiger partial charge in [0.05, 0.1) is 6.20 Å². The number of aromatic amines is 1. The predicted molar refractivity (Wildman–Crippen MR) is 128 cm³/mol. The van der Waals surface area contributed by atoms with Crippen molar-refractivity contribution in [3.63, 3.8) is 0 Å². The second-order valence-corrected chi connectivity index (χ2v) is 7.78. The van der Waals surface area contributed by atoms with Crippen LogP contribution in [-0.2, 0) is 6.42 Å². The molecule has 156 valence electrons. The van der Waals surface area contributed by atoms with Crippen LogP contribution in [0.2, 0.25) is 0 Å².